The van der Waals surface area contributed by atoms with E-state index in [4.69, 9.17) is 28.7 Å². The molecule has 5 fully saturated rings. The van der Waals surface area contributed by atoms with E-state index in [1.807, 2.05) is 13.8 Å². The number of carbonyl (C=O) groups is 14. The van der Waals surface area contributed by atoms with Gasteiger partial charge in [0.15, 0.2) is 29.3 Å². The van der Waals surface area contributed by atoms with Crippen molar-refractivity contribution in [2.24, 2.45) is 74.2 Å². The Morgan fingerprint density at radius 1 is 0.729 bits per heavy atom. The van der Waals surface area contributed by atoms with Crippen molar-refractivity contribution >= 4 is 116 Å². The molecule has 588 valence electrons. The van der Waals surface area contributed by atoms with Gasteiger partial charge in [0.1, 0.15) is 36.0 Å². The highest BCUT2D eigenvalue weighted by Gasteiger charge is 2.44. The van der Waals surface area contributed by atoms with Gasteiger partial charge in [-0.25, -0.2) is 9.78 Å². The number of carboxylic acids is 1. The second kappa shape index (κ2) is 43.1. The maximum absolute atomic E-state index is 16.2. The number of unbranched alkanes of at least 4 members (excludes halogenated alkanes) is 1. The summed E-state index contributed by atoms with van der Waals surface area (Å²) in [6, 6.07) is -1.56. The van der Waals surface area contributed by atoms with E-state index in [1.54, 1.807) is 30.3 Å². The van der Waals surface area contributed by atoms with Crippen molar-refractivity contribution in [2.45, 2.75) is 210 Å². The van der Waals surface area contributed by atoms with Gasteiger partial charge in [0.05, 0.1) is 36.9 Å². The number of carboxylic acid groups (broad SMARTS) is 1. The number of guanidine groups is 2. The highest BCUT2D eigenvalue weighted by atomic mass is 33.1. The van der Waals surface area contributed by atoms with Crippen LogP contribution >= 0.6 is 21.6 Å². The van der Waals surface area contributed by atoms with Crippen LogP contribution in [0, 0.1) is 35.5 Å². The first kappa shape index (κ1) is 85.3. The lowest BCUT2D eigenvalue weighted by Gasteiger charge is -2.32. The number of nitrogens with zero attached hydrogens (tertiary/aromatic N) is 5. The quantitative estimate of drug-likeness (QED) is 0.0202. The van der Waals surface area contributed by atoms with Crippen molar-refractivity contribution in [3.8, 4) is 0 Å². The zero-order valence-corrected chi connectivity index (χ0v) is 62.8. The topological polar surface area (TPSA) is 533 Å². The van der Waals surface area contributed by atoms with E-state index in [2.05, 4.69) is 57.2 Å². The number of aliphatic carboxylic acids is 1. The maximum atomic E-state index is 16.2. The number of likely N-dealkylation sites (tertiary alicyclic amines) is 1. The lowest BCUT2D eigenvalue weighted by atomic mass is 9.78. The summed E-state index contributed by atoms with van der Waals surface area (Å²) in [5.74, 6) is -15.9. The van der Waals surface area contributed by atoms with Crippen molar-refractivity contribution in [1.82, 2.24) is 57.0 Å². The van der Waals surface area contributed by atoms with Gasteiger partial charge in [0.2, 0.25) is 53.2 Å². The second-order valence-corrected chi connectivity index (χ2v) is 31.4. The maximum Gasteiger partial charge on any atom is 0.326 e. The van der Waals surface area contributed by atoms with Crippen molar-refractivity contribution in [1.29, 1.82) is 0 Å². The molecule has 4 saturated heterocycles. The molecule has 1 aromatic heterocycles. The molecular formula is C72H108N18O15S2. The number of benzene rings is 1. The molecule has 2 bridgehead atoms. The van der Waals surface area contributed by atoms with Crippen LogP contribution in [0.15, 0.2) is 52.8 Å². The third-order valence-electron chi connectivity index (χ3n) is 20.2. The second-order valence-electron chi connectivity index (χ2n) is 28.8. The average Bonchev–Trinajstić information content (AvgIpc) is 1.80. The minimum Gasteiger partial charge on any atom is -0.480 e. The molecule has 4 aliphatic heterocycles. The van der Waals surface area contributed by atoms with Gasteiger partial charge < -0.3 is 85.8 Å². The number of hydrogen-bond acceptors (Lipinski definition) is 20. The lowest BCUT2D eigenvalue weighted by Crippen LogP contribution is -2.56. The number of rotatable bonds is 31. The van der Waals surface area contributed by atoms with Gasteiger partial charge in [-0.2, -0.15) is 0 Å². The van der Waals surface area contributed by atoms with E-state index in [0.29, 0.717) is 43.4 Å². The molecule has 0 spiro atoms. The van der Waals surface area contributed by atoms with Gasteiger partial charge >= 0.3 is 5.97 Å². The average molecular weight is 1530 g/mol. The Morgan fingerprint density at radius 2 is 1.41 bits per heavy atom. The first-order valence-electron chi connectivity index (χ1n) is 37.3. The van der Waals surface area contributed by atoms with Crippen molar-refractivity contribution in [3.05, 3.63) is 54.1 Å². The summed E-state index contributed by atoms with van der Waals surface area (Å²) in [7, 11) is 2.03. The lowest BCUT2D eigenvalue weighted by molar-refractivity contribution is -0.142. The summed E-state index contributed by atoms with van der Waals surface area (Å²) in [5, 5.41) is 30.1. The molecule has 33 nitrogen and oxygen atoms in total. The van der Waals surface area contributed by atoms with Crippen LogP contribution in [0.3, 0.4) is 0 Å². The number of aromatic nitrogens is 2. The molecule has 1 aliphatic carbocycles. The zero-order valence-electron chi connectivity index (χ0n) is 61.1. The van der Waals surface area contributed by atoms with Crippen molar-refractivity contribution < 1.29 is 72.2 Å². The van der Waals surface area contributed by atoms with Gasteiger partial charge in [-0.3, -0.25) is 72.3 Å². The standard InChI is InChI=1S/C72H108N18O15S2/c1-41(2)30-45(34-58(92)50(19-10-26-79-71(74)75)83-68(102)57-22-13-29-90(57)69(103)52(20-11-27-80-72(76)77)85-63(97)44-23-24-47(91)32-44)64(98)87-54-38-106-107-39-55(67(101)86-53(70(104)105)31-42-14-4-3-5-15-42)88-62(96)43-16-6-7-17-48(61(54)95)49(35-46-36-78-40-82-46)65(99)84-51(18-8-9-25-73)66(100)81-37-60(94)89-28-12-21-56(89)59(93)33-43/h3-5,14-15,36,40-41,43-45,48-57H,6-13,16-35,37-39,73H2,1-2H3,(H,78,82)(H,81,100)(H,83,102)(H,84,99)(H,85,97)(H,86,101)(H,87,98)(H,88,96)(H,104,105)(H4,74,75,79)(H4,76,77,80)/t43-,44+,45+,48?,49+,50+,51-,52+,53-,54+,55+,56-,57-/m1/s1. The number of H-pyrrole nitrogens is 1. The molecule has 1 aromatic carbocycles. The van der Waals surface area contributed by atoms with Crippen LogP contribution in [-0.4, -0.2) is 218 Å². The number of aliphatic imine (C=N–C) groups is 2. The van der Waals surface area contributed by atoms with E-state index >= 15 is 19.2 Å². The van der Waals surface area contributed by atoms with Gasteiger partial charge in [0, 0.05) is 112 Å². The highest BCUT2D eigenvalue weighted by Crippen LogP contribution is 2.33. The third-order valence-corrected chi connectivity index (χ3v) is 22.7. The number of nitrogens with one attached hydrogen (secondary N) is 8. The van der Waals surface area contributed by atoms with Gasteiger partial charge in [-0.05, 0) is 114 Å². The van der Waals surface area contributed by atoms with E-state index in [-0.39, 0.29) is 177 Å². The molecule has 19 N–H and O–H groups in total. The number of amides is 9. The fraction of sp³-hybridized carbons (Fsp3) is 0.653. The van der Waals surface area contributed by atoms with E-state index in [0.717, 1.165) is 21.6 Å². The van der Waals surface area contributed by atoms with E-state index in [1.165, 1.54) is 22.3 Å². The number of carbonyl (C=O) groups excluding carboxylic acids is 13. The van der Waals surface area contributed by atoms with Crippen LogP contribution in [0.25, 0.3) is 0 Å². The van der Waals surface area contributed by atoms with Gasteiger partial charge in [-0.1, -0.05) is 78.6 Å². The highest BCUT2D eigenvalue weighted by molar-refractivity contribution is 8.76. The summed E-state index contributed by atoms with van der Waals surface area (Å²) in [6.45, 7) is 3.85. The van der Waals surface area contributed by atoms with Crippen LogP contribution in [-0.2, 0) is 80.0 Å². The number of ketones is 4. The molecule has 5 heterocycles. The fourth-order valence-electron chi connectivity index (χ4n) is 14.6. The molecule has 7 rings (SSSR count). The van der Waals surface area contributed by atoms with Crippen molar-refractivity contribution in [3.63, 3.8) is 0 Å². The zero-order chi connectivity index (χ0) is 77.7. The summed E-state index contributed by atoms with van der Waals surface area (Å²) >= 11 is 0. The van der Waals surface area contributed by atoms with E-state index < -0.39 is 167 Å². The molecule has 2 aromatic rings. The van der Waals surface area contributed by atoms with E-state index in [9.17, 15) is 53.1 Å². The number of imidazole rings is 1. The number of fused-ring (bicyclic) bond motifs is 6. The molecule has 0 radical (unpaired) electrons. The Bertz CT molecular complexity index is 3490. The number of Topliss-reactive ketones (excluding diaryl/α,β-unsaturated/α-hetero) is 4. The predicted molar refractivity (Wildman–Crippen MR) is 400 cm³/mol. The Hall–Kier alpha value is -8.99. The minimum absolute atomic E-state index is 0.00373. The Labute approximate surface area is 630 Å². The summed E-state index contributed by atoms with van der Waals surface area (Å²) < 4.78 is 0. The largest absolute Gasteiger partial charge is 0.480 e. The van der Waals surface area contributed by atoms with Gasteiger partial charge in [0.25, 0.3) is 0 Å². The monoisotopic (exact) mass is 1530 g/mol. The van der Waals surface area contributed by atoms with Crippen LogP contribution < -0.4 is 65.9 Å². The van der Waals surface area contributed by atoms with Crippen LogP contribution in [0.5, 0.6) is 0 Å². The normalized spacial score (nSPS) is 24.1. The number of nitrogens with two attached hydrogens (primary N) is 5. The molecule has 5 aliphatic rings. The molecule has 13 atom stereocenters. The number of aromatic amines is 1. The fourth-order valence-corrected chi connectivity index (χ4v) is 16.9. The molecule has 9 amide bonds. The Kier molecular flexibility index (Phi) is 34.4. The first-order chi connectivity index (χ1) is 51.2. The molecule has 1 unspecified atom stereocenters. The van der Waals surface area contributed by atoms with Crippen LogP contribution in [0.1, 0.15) is 160 Å². The smallest absolute Gasteiger partial charge is 0.326 e. The minimum atomic E-state index is -1.48. The summed E-state index contributed by atoms with van der Waals surface area (Å²) in [4.78, 5) is 221. The van der Waals surface area contributed by atoms with Crippen LogP contribution in [0.4, 0.5) is 0 Å². The molecular weight excluding hydrogens is 1420 g/mol. The Morgan fingerprint density at radius 3 is 2.07 bits per heavy atom. The van der Waals surface area contributed by atoms with Crippen LogP contribution in [0.2, 0.25) is 0 Å². The van der Waals surface area contributed by atoms with Gasteiger partial charge in [-0.15, -0.1) is 0 Å². The SMILES string of the molecule is CC(C)C[C@@H](CC(=O)[C@H](CCCN=C(N)N)NC(=O)[C@H]1CCCN1C(=O)[C@H](CCCN=C(N)N)NC(=O)[C@H]1CCC(=O)C1)C(=O)N[C@H]1CSSC[C@@H](C(=O)N[C@H](Cc2ccccc2)C(=O)O)NC(=O)[C@@H]2CCCCC(C1=O)[C@H](Cc1cnc[nH]1)C(=O)N[C@H](CCCCN)C(=O)NCC(=O)N1CCC[C@@H]1C(=O)C2. The predicted octanol–water partition coefficient (Wildman–Crippen LogP) is -0.141. The van der Waals surface area contributed by atoms with Crippen molar-refractivity contribution in [2.75, 3.05) is 50.8 Å². The Balaban J connectivity index is 1.24. The third kappa shape index (κ3) is 26.7. The molecule has 107 heavy (non-hydrogen) atoms. The number of hydrogen-bond donors (Lipinski definition) is 14. The summed E-state index contributed by atoms with van der Waals surface area (Å²) in [6.07, 6.45) is 5.28. The first-order valence-corrected chi connectivity index (χ1v) is 39.8. The summed E-state index contributed by atoms with van der Waals surface area (Å²) in [5.41, 5.74) is 29.4. The molecule has 35 heteroatoms. The molecule has 1 saturated carbocycles.